The molecule has 2 amide bonds. The molecule has 1 aliphatic heterocycles. The normalized spacial score (nSPS) is 16.9. The number of hydrogen-bond acceptors (Lipinski definition) is 5. The topological polar surface area (TPSA) is 77.1 Å². The first kappa shape index (κ1) is 21.5. The molecule has 0 saturated carbocycles. The highest BCUT2D eigenvalue weighted by Gasteiger charge is 2.37. The fraction of sp³-hybridized carbons (Fsp3) is 0.391. The number of rotatable bonds is 7. The predicted octanol–water partition coefficient (Wildman–Crippen LogP) is 3.25. The molecule has 160 valence electrons. The maximum Gasteiger partial charge on any atom is 0.227 e. The number of carbonyl (C=O) groups is 2. The van der Waals surface area contributed by atoms with E-state index < -0.39 is 5.92 Å². The second-order valence-electron chi connectivity index (χ2n) is 7.42. The van der Waals surface area contributed by atoms with Gasteiger partial charge in [-0.2, -0.15) is 0 Å². The van der Waals surface area contributed by atoms with Crippen LogP contribution in [0.25, 0.3) is 0 Å². The fourth-order valence-electron chi connectivity index (χ4n) is 3.71. The SMILES string of the molecule is COc1ccc(C(C)NC(=O)C2CC(=O)N(c3cc(C)ccc3OC)C2)c(OC)c1. The van der Waals surface area contributed by atoms with Gasteiger partial charge in [-0.15, -0.1) is 0 Å². The summed E-state index contributed by atoms with van der Waals surface area (Å²) in [4.78, 5) is 27.2. The summed E-state index contributed by atoms with van der Waals surface area (Å²) in [7, 11) is 4.74. The van der Waals surface area contributed by atoms with Crippen molar-refractivity contribution in [1.82, 2.24) is 5.32 Å². The van der Waals surface area contributed by atoms with Crippen LogP contribution in [0.3, 0.4) is 0 Å². The third-order valence-corrected chi connectivity index (χ3v) is 5.39. The highest BCUT2D eigenvalue weighted by atomic mass is 16.5. The standard InChI is InChI=1S/C23H28N2O5/c1-14-6-9-20(29-4)19(10-14)25-13-16(11-22(25)26)23(27)24-15(2)18-8-7-17(28-3)12-21(18)30-5/h6-10,12,15-16H,11,13H2,1-5H3,(H,24,27). The van der Waals surface area contributed by atoms with Crippen molar-refractivity contribution in [2.75, 3.05) is 32.8 Å². The summed E-state index contributed by atoms with van der Waals surface area (Å²) in [6, 6.07) is 10.9. The van der Waals surface area contributed by atoms with E-state index in [1.165, 1.54) is 0 Å². The van der Waals surface area contributed by atoms with Crippen LogP contribution >= 0.6 is 0 Å². The summed E-state index contributed by atoms with van der Waals surface area (Å²) in [5.74, 6) is 1.24. The highest BCUT2D eigenvalue weighted by Crippen LogP contribution is 2.34. The van der Waals surface area contributed by atoms with E-state index in [4.69, 9.17) is 14.2 Å². The maximum absolute atomic E-state index is 12.9. The van der Waals surface area contributed by atoms with Gasteiger partial charge >= 0.3 is 0 Å². The van der Waals surface area contributed by atoms with Gasteiger partial charge in [-0.1, -0.05) is 6.07 Å². The van der Waals surface area contributed by atoms with Crippen LogP contribution in [-0.2, 0) is 9.59 Å². The Labute approximate surface area is 176 Å². The molecule has 1 saturated heterocycles. The molecule has 1 fully saturated rings. The lowest BCUT2D eigenvalue weighted by molar-refractivity contribution is -0.126. The molecular formula is C23H28N2O5. The first-order valence-electron chi connectivity index (χ1n) is 9.85. The summed E-state index contributed by atoms with van der Waals surface area (Å²) in [5.41, 5.74) is 2.56. The zero-order valence-corrected chi connectivity index (χ0v) is 18.0. The van der Waals surface area contributed by atoms with E-state index in [9.17, 15) is 9.59 Å². The third kappa shape index (κ3) is 4.35. The molecule has 1 N–H and O–H groups in total. The number of benzene rings is 2. The molecule has 2 aromatic carbocycles. The van der Waals surface area contributed by atoms with E-state index >= 15 is 0 Å². The number of ether oxygens (including phenoxy) is 3. The molecule has 3 rings (SSSR count). The molecular weight excluding hydrogens is 384 g/mol. The van der Waals surface area contributed by atoms with Crippen LogP contribution in [0.4, 0.5) is 5.69 Å². The molecule has 30 heavy (non-hydrogen) atoms. The average molecular weight is 412 g/mol. The highest BCUT2D eigenvalue weighted by molar-refractivity contribution is 6.01. The van der Waals surface area contributed by atoms with Crippen LogP contribution in [0, 0.1) is 12.8 Å². The van der Waals surface area contributed by atoms with Crippen molar-refractivity contribution < 1.29 is 23.8 Å². The average Bonchev–Trinajstić information content (AvgIpc) is 3.14. The van der Waals surface area contributed by atoms with E-state index in [1.54, 1.807) is 32.3 Å². The first-order chi connectivity index (χ1) is 14.4. The molecule has 1 heterocycles. The maximum atomic E-state index is 12.9. The molecule has 2 atom stereocenters. The number of nitrogens with zero attached hydrogens (tertiary/aromatic N) is 1. The molecule has 0 bridgehead atoms. The molecule has 0 spiro atoms. The van der Waals surface area contributed by atoms with Gasteiger partial charge in [0.2, 0.25) is 11.8 Å². The minimum absolute atomic E-state index is 0.0891. The molecule has 2 unspecified atom stereocenters. The van der Waals surface area contributed by atoms with Crippen molar-refractivity contribution in [2.45, 2.75) is 26.3 Å². The van der Waals surface area contributed by atoms with Crippen molar-refractivity contribution in [3.63, 3.8) is 0 Å². The Morgan fingerprint density at radius 1 is 1.07 bits per heavy atom. The van der Waals surface area contributed by atoms with Crippen LogP contribution in [0.1, 0.15) is 30.5 Å². The van der Waals surface area contributed by atoms with Crippen molar-refractivity contribution in [3.05, 3.63) is 47.5 Å². The van der Waals surface area contributed by atoms with Crippen LogP contribution in [0.15, 0.2) is 36.4 Å². The minimum atomic E-state index is -0.436. The largest absolute Gasteiger partial charge is 0.497 e. The number of methoxy groups -OCH3 is 3. The Hall–Kier alpha value is -3.22. The van der Waals surface area contributed by atoms with Crippen LogP contribution in [-0.4, -0.2) is 39.7 Å². The zero-order chi connectivity index (χ0) is 21.8. The third-order valence-electron chi connectivity index (χ3n) is 5.39. The summed E-state index contributed by atoms with van der Waals surface area (Å²) >= 11 is 0. The van der Waals surface area contributed by atoms with Crippen LogP contribution in [0.2, 0.25) is 0 Å². The van der Waals surface area contributed by atoms with Gasteiger partial charge in [-0.05, 0) is 43.7 Å². The summed E-state index contributed by atoms with van der Waals surface area (Å²) < 4.78 is 16.1. The van der Waals surface area contributed by atoms with Crippen molar-refractivity contribution in [2.24, 2.45) is 5.92 Å². The van der Waals surface area contributed by atoms with E-state index in [-0.39, 0.29) is 24.3 Å². The lowest BCUT2D eigenvalue weighted by atomic mass is 10.0. The van der Waals surface area contributed by atoms with Gasteiger partial charge in [-0.25, -0.2) is 0 Å². The fourth-order valence-corrected chi connectivity index (χ4v) is 3.71. The van der Waals surface area contributed by atoms with Crippen molar-refractivity contribution in [1.29, 1.82) is 0 Å². The van der Waals surface area contributed by atoms with E-state index in [0.29, 0.717) is 29.5 Å². The smallest absolute Gasteiger partial charge is 0.227 e. The number of nitrogens with one attached hydrogen (secondary N) is 1. The summed E-state index contributed by atoms with van der Waals surface area (Å²) in [6.45, 7) is 4.16. The van der Waals surface area contributed by atoms with E-state index in [0.717, 1.165) is 11.1 Å². The van der Waals surface area contributed by atoms with Crippen LogP contribution in [0.5, 0.6) is 17.2 Å². The molecule has 2 aromatic rings. The lowest BCUT2D eigenvalue weighted by Crippen LogP contribution is -2.34. The summed E-state index contributed by atoms with van der Waals surface area (Å²) in [5, 5.41) is 3.01. The summed E-state index contributed by atoms with van der Waals surface area (Å²) in [6.07, 6.45) is 0.162. The number of amides is 2. The molecule has 0 radical (unpaired) electrons. The number of aryl methyl sites for hydroxylation is 1. The van der Waals surface area contributed by atoms with Gasteiger partial charge in [0.25, 0.3) is 0 Å². The Bertz CT molecular complexity index is 943. The van der Waals surface area contributed by atoms with Crippen molar-refractivity contribution in [3.8, 4) is 17.2 Å². The Morgan fingerprint density at radius 3 is 2.47 bits per heavy atom. The van der Waals surface area contributed by atoms with Crippen LogP contribution < -0.4 is 24.4 Å². The number of hydrogen-bond donors (Lipinski definition) is 1. The van der Waals surface area contributed by atoms with Gasteiger partial charge in [0.15, 0.2) is 0 Å². The Kier molecular flexibility index (Phi) is 6.50. The predicted molar refractivity (Wildman–Crippen MR) is 114 cm³/mol. The quantitative estimate of drug-likeness (QED) is 0.755. The van der Waals surface area contributed by atoms with Gasteiger partial charge in [0.1, 0.15) is 17.2 Å². The Morgan fingerprint density at radius 2 is 1.80 bits per heavy atom. The monoisotopic (exact) mass is 412 g/mol. The minimum Gasteiger partial charge on any atom is -0.497 e. The van der Waals surface area contributed by atoms with Gasteiger partial charge in [-0.3, -0.25) is 9.59 Å². The molecule has 0 aromatic heterocycles. The van der Waals surface area contributed by atoms with Gasteiger partial charge in [0.05, 0.1) is 39.0 Å². The van der Waals surface area contributed by atoms with E-state index in [1.807, 2.05) is 44.2 Å². The molecule has 7 nitrogen and oxygen atoms in total. The molecule has 7 heteroatoms. The second-order valence-corrected chi connectivity index (χ2v) is 7.42. The number of carbonyl (C=O) groups excluding carboxylic acids is 2. The second kappa shape index (κ2) is 9.07. The Balaban J connectivity index is 1.73. The number of anilines is 1. The van der Waals surface area contributed by atoms with Crippen molar-refractivity contribution >= 4 is 17.5 Å². The van der Waals surface area contributed by atoms with Gasteiger partial charge in [0, 0.05) is 24.6 Å². The molecule has 1 aliphatic rings. The van der Waals surface area contributed by atoms with E-state index in [2.05, 4.69) is 5.32 Å². The first-order valence-corrected chi connectivity index (χ1v) is 9.85. The lowest BCUT2D eigenvalue weighted by Gasteiger charge is -2.21. The zero-order valence-electron chi connectivity index (χ0n) is 18.0. The van der Waals surface area contributed by atoms with Gasteiger partial charge < -0.3 is 24.4 Å². The molecule has 0 aliphatic carbocycles.